The minimum Gasteiger partial charge on any atom is -1.00 e. The molecule has 0 spiro atoms. The Morgan fingerprint density at radius 2 is 1.10 bits per heavy atom. The lowest BCUT2D eigenvalue weighted by atomic mass is 9.90. The first-order valence-corrected chi connectivity index (χ1v) is 11.0. The maximum atomic E-state index is 6.26. The van der Waals surface area contributed by atoms with Gasteiger partial charge in [0.15, 0.2) is 6.29 Å². The lowest BCUT2D eigenvalue weighted by Gasteiger charge is -2.30. The molecule has 1 rings (SSSR count). The molecular weight excluding hydrogens is 347 g/mol. The van der Waals surface area contributed by atoms with E-state index >= 15 is 0 Å². The van der Waals surface area contributed by atoms with Crippen LogP contribution in [0.15, 0.2) is 0 Å². The highest BCUT2D eigenvalue weighted by Crippen LogP contribution is 2.62. The molecule has 0 aromatic rings. The first-order valence-electron chi connectivity index (χ1n) is 8.42. The van der Waals surface area contributed by atoms with Gasteiger partial charge in [0.25, 0.3) is 0 Å². The summed E-state index contributed by atoms with van der Waals surface area (Å²) in [5, 5.41) is 0. The molecule has 0 radical (unpaired) electrons. The second-order valence-electron chi connectivity index (χ2n) is 7.38. The van der Waals surface area contributed by atoms with Crippen LogP contribution in [0.4, 0.5) is 0 Å². The summed E-state index contributed by atoms with van der Waals surface area (Å²) in [6.45, 7) is 15.6. The van der Waals surface area contributed by atoms with Gasteiger partial charge < -0.3 is 26.5 Å². The number of halogens is 1. The smallest absolute Gasteiger partial charge is 0.192 e. The molecule has 1 fully saturated rings. The van der Waals surface area contributed by atoms with E-state index in [9.17, 15) is 0 Å². The molecule has 0 amide bonds. The SMILES string of the molecule is CCC[P+](CCC)(CCC)CC1OC(C)(C)C(C)(C)O1.[Br-]. The van der Waals surface area contributed by atoms with Crippen LogP contribution < -0.4 is 17.0 Å². The van der Waals surface area contributed by atoms with E-state index in [1.54, 1.807) is 0 Å². The van der Waals surface area contributed by atoms with Crippen LogP contribution in [-0.2, 0) is 9.47 Å². The van der Waals surface area contributed by atoms with E-state index in [1.165, 1.54) is 37.7 Å². The van der Waals surface area contributed by atoms with Gasteiger partial charge in [-0.25, -0.2) is 0 Å². The first-order chi connectivity index (χ1) is 9.22. The van der Waals surface area contributed by atoms with Gasteiger partial charge >= 0.3 is 0 Å². The fourth-order valence-electron chi connectivity index (χ4n) is 3.39. The van der Waals surface area contributed by atoms with Crippen LogP contribution in [0.3, 0.4) is 0 Å². The normalized spacial score (nSPS) is 21.3. The summed E-state index contributed by atoms with van der Waals surface area (Å²) < 4.78 is 12.5. The number of hydrogen-bond acceptors (Lipinski definition) is 2. The Balaban J connectivity index is 0.00000400. The highest BCUT2D eigenvalue weighted by Gasteiger charge is 2.52. The van der Waals surface area contributed by atoms with Crippen LogP contribution in [0.25, 0.3) is 0 Å². The molecule has 21 heavy (non-hydrogen) atoms. The minimum absolute atomic E-state index is 0. The lowest BCUT2D eigenvalue weighted by Crippen LogP contribution is -3.00. The molecule has 0 aliphatic carbocycles. The Labute approximate surface area is 143 Å². The molecule has 0 unspecified atom stereocenters. The van der Waals surface area contributed by atoms with Crippen molar-refractivity contribution in [3.8, 4) is 0 Å². The largest absolute Gasteiger partial charge is 1.00 e. The molecule has 0 bridgehead atoms. The zero-order valence-corrected chi connectivity index (χ0v) is 17.6. The summed E-state index contributed by atoms with van der Waals surface area (Å²) in [5.74, 6) is 0. The third-order valence-corrected chi connectivity index (χ3v) is 10.2. The van der Waals surface area contributed by atoms with Crippen molar-refractivity contribution >= 4 is 7.26 Å². The highest BCUT2D eigenvalue weighted by atomic mass is 79.9. The molecule has 4 heteroatoms. The molecule has 1 saturated heterocycles. The van der Waals surface area contributed by atoms with Gasteiger partial charge in [-0.2, -0.15) is 0 Å². The standard InChI is InChI=1S/C17H36O2P.BrH/c1-8-11-20(12-9-2,13-10-3)14-15-18-16(4,5)17(6,7)19-15;/h15H,8-14H2,1-7H3;1H/q+1;/p-1. The van der Waals surface area contributed by atoms with Crippen LogP contribution in [0.2, 0.25) is 0 Å². The second kappa shape index (κ2) is 8.62. The van der Waals surface area contributed by atoms with Crippen molar-refractivity contribution in [3.63, 3.8) is 0 Å². The van der Waals surface area contributed by atoms with Crippen molar-refractivity contribution in [3.05, 3.63) is 0 Å². The third-order valence-electron chi connectivity index (χ3n) is 4.93. The van der Waals surface area contributed by atoms with Crippen molar-refractivity contribution in [2.45, 2.75) is 85.2 Å². The quantitative estimate of drug-likeness (QED) is 0.599. The predicted molar refractivity (Wildman–Crippen MR) is 91.4 cm³/mol. The van der Waals surface area contributed by atoms with Gasteiger partial charge in [0.1, 0.15) is 6.16 Å². The summed E-state index contributed by atoms with van der Waals surface area (Å²) in [6, 6.07) is 0. The number of rotatable bonds is 8. The summed E-state index contributed by atoms with van der Waals surface area (Å²) in [6.07, 6.45) is 9.28. The van der Waals surface area contributed by atoms with Crippen molar-refractivity contribution in [1.82, 2.24) is 0 Å². The molecule has 0 N–H and O–H groups in total. The molecule has 128 valence electrons. The maximum absolute atomic E-state index is 6.26. The average molecular weight is 383 g/mol. The molecule has 0 saturated carbocycles. The number of ether oxygens (including phenoxy) is 2. The second-order valence-corrected chi connectivity index (χ2v) is 11.8. The Kier molecular flexibility index (Phi) is 8.96. The van der Waals surface area contributed by atoms with Gasteiger partial charge in [0.05, 0.1) is 29.7 Å². The summed E-state index contributed by atoms with van der Waals surface area (Å²) in [5.41, 5.74) is -0.365. The molecule has 1 heterocycles. The van der Waals surface area contributed by atoms with E-state index in [0.29, 0.717) is 0 Å². The van der Waals surface area contributed by atoms with E-state index in [0.717, 1.165) is 6.16 Å². The monoisotopic (exact) mass is 382 g/mol. The molecular formula is C17H36BrO2P. The van der Waals surface area contributed by atoms with Crippen molar-refractivity contribution in [2.24, 2.45) is 0 Å². The van der Waals surface area contributed by atoms with Crippen LogP contribution in [0, 0.1) is 0 Å². The van der Waals surface area contributed by atoms with Crippen molar-refractivity contribution in [2.75, 3.05) is 24.6 Å². The topological polar surface area (TPSA) is 18.5 Å². The maximum Gasteiger partial charge on any atom is 0.192 e. The third kappa shape index (κ3) is 5.44. The Morgan fingerprint density at radius 3 is 1.38 bits per heavy atom. The summed E-state index contributed by atoms with van der Waals surface area (Å²) in [7, 11) is -0.908. The van der Waals surface area contributed by atoms with Crippen LogP contribution in [0.5, 0.6) is 0 Å². The van der Waals surface area contributed by atoms with Gasteiger partial charge in [0, 0.05) is 7.26 Å². The van der Waals surface area contributed by atoms with Crippen molar-refractivity contribution < 1.29 is 26.5 Å². The minimum atomic E-state index is -0.908. The Hall–Kier alpha value is 0.830. The van der Waals surface area contributed by atoms with E-state index < -0.39 is 7.26 Å². The zero-order chi connectivity index (χ0) is 15.4. The van der Waals surface area contributed by atoms with E-state index in [1.807, 2.05) is 0 Å². The van der Waals surface area contributed by atoms with E-state index in [2.05, 4.69) is 48.5 Å². The molecule has 1 aliphatic heterocycles. The molecule has 0 atom stereocenters. The van der Waals surface area contributed by atoms with E-state index in [-0.39, 0.29) is 34.5 Å². The lowest BCUT2D eigenvalue weighted by molar-refractivity contribution is -0.0694. The van der Waals surface area contributed by atoms with E-state index in [4.69, 9.17) is 9.47 Å². The molecule has 0 aromatic carbocycles. The molecule has 2 nitrogen and oxygen atoms in total. The highest BCUT2D eigenvalue weighted by molar-refractivity contribution is 7.75. The van der Waals surface area contributed by atoms with Crippen LogP contribution in [0.1, 0.15) is 67.7 Å². The summed E-state index contributed by atoms with van der Waals surface area (Å²) >= 11 is 0. The van der Waals surface area contributed by atoms with Crippen LogP contribution in [-0.4, -0.2) is 42.1 Å². The fraction of sp³-hybridized carbons (Fsp3) is 1.00. The van der Waals surface area contributed by atoms with Gasteiger partial charge in [-0.05, 0) is 47.0 Å². The Bertz CT molecular complexity index is 272. The van der Waals surface area contributed by atoms with Crippen molar-refractivity contribution in [1.29, 1.82) is 0 Å². The van der Waals surface area contributed by atoms with Gasteiger partial charge in [0.2, 0.25) is 0 Å². The zero-order valence-electron chi connectivity index (χ0n) is 15.2. The van der Waals surface area contributed by atoms with Gasteiger partial charge in [-0.1, -0.05) is 20.8 Å². The van der Waals surface area contributed by atoms with Crippen LogP contribution >= 0.6 is 7.26 Å². The fourth-order valence-corrected chi connectivity index (χ4v) is 8.23. The first kappa shape index (κ1) is 21.8. The molecule has 1 aliphatic rings. The number of hydrogen-bond donors (Lipinski definition) is 0. The average Bonchev–Trinajstić information content (AvgIpc) is 2.47. The molecule has 0 aromatic heterocycles. The summed E-state index contributed by atoms with van der Waals surface area (Å²) in [4.78, 5) is 0. The van der Waals surface area contributed by atoms with Gasteiger partial charge in [-0.3, -0.25) is 0 Å². The van der Waals surface area contributed by atoms with Gasteiger partial charge in [-0.15, -0.1) is 0 Å². The predicted octanol–water partition coefficient (Wildman–Crippen LogP) is 2.17. The Morgan fingerprint density at radius 1 is 0.762 bits per heavy atom.